The molecule has 112 valence electrons. The van der Waals surface area contributed by atoms with E-state index in [-0.39, 0.29) is 0 Å². The van der Waals surface area contributed by atoms with Gasteiger partial charge in [-0.05, 0) is 36.2 Å². The summed E-state index contributed by atoms with van der Waals surface area (Å²) in [6, 6.07) is 11.8. The fourth-order valence-corrected chi connectivity index (χ4v) is 2.16. The van der Waals surface area contributed by atoms with E-state index in [1.807, 2.05) is 12.1 Å². The predicted octanol–water partition coefficient (Wildman–Crippen LogP) is 3.91. The molecule has 0 bridgehead atoms. The van der Waals surface area contributed by atoms with Crippen LogP contribution in [-0.4, -0.2) is 17.7 Å². The number of hydrogen-bond donors (Lipinski definition) is 1. The summed E-state index contributed by atoms with van der Waals surface area (Å²) in [6.07, 6.45) is -1.03. The molecule has 1 aromatic carbocycles. The minimum atomic E-state index is -4.19. The number of nitrogens with zero attached hydrogens (tertiary/aromatic N) is 1. The second kappa shape index (κ2) is 7.22. The molecule has 2 rings (SSSR count). The predicted molar refractivity (Wildman–Crippen MR) is 75.8 cm³/mol. The maximum atomic E-state index is 12.7. The number of alkyl halides is 3. The first kappa shape index (κ1) is 15.5. The van der Waals surface area contributed by atoms with Gasteiger partial charge in [0.25, 0.3) is 0 Å². The Morgan fingerprint density at radius 3 is 2.29 bits per heavy atom. The van der Waals surface area contributed by atoms with Crippen molar-refractivity contribution in [3.8, 4) is 0 Å². The number of benzene rings is 1. The minimum absolute atomic E-state index is 0.486. The second-order valence-corrected chi connectivity index (χ2v) is 4.84. The summed E-state index contributed by atoms with van der Waals surface area (Å²) in [4.78, 5) is 3.92. The molecule has 1 N–H and O–H groups in total. The fraction of sp³-hybridized carbons (Fsp3) is 0.312. The van der Waals surface area contributed by atoms with Crippen LogP contribution in [0.5, 0.6) is 0 Å². The number of nitrogens with one attached hydrogen (secondary N) is 1. The molecular formula is C16H17F3N2. The molecule has 0 radical (unpaired) electrons. The Bertz CT molecular complexity index is 526. The monoisotopic (exact) mass is 294 g/mol. The van der Waals surface area contributed by atoms with Crippen molar-refractivity contribution in [3.05, 3.63) is 66.0 Å². The summed E-state index contributed by atoms with van der Waals surface area (Å²) in [5.74, 6) is 0. The van der Waals surface area contributed by atoms with Crippen molar-refractivity contribution in [2.75, 3.05) is 6.54 Å². The first-order valence-corrected chi connectivity index (χ1v) is 6.78. The minimum Gasteiger partial charge on any atom is -0.309 e. The van der Waals surface area contributed by atoms with Crippen molar-refractivity contribution in [2.45, 2.75) is 25.1 Å². The molecule has 21 heavy (non-hydrogen) atoms. The molecule has 0 spiro atoms. The molecule has 5 heteroatoms. The maximum absolute atomic E-state index is 12.7. The molecule has 1 heterocycles. The SMILES string of the molecule is FC(F)(F)CC(NCCc1ccncc1)c1ccccc1. The Balaban J connectivity index is 1.96. The molecule has 0 fully saturated rings. The third-order valence-electron chi connectivity index (χ3n) is 3.19. The van der Waals surface area contributed by atoms with Crippen LogP contribution >= 0.6 is 0 Å². The third kappa shape index (κ3) is 5.55. The normalized spacial score (nSPS) is 13.1. The van der Waals surface area contributed by atoms with Crippen LogP contribution in [0.25, 0.3) is 0 Å². The van der Waals surface area contributed by atoms with Gasteiger partial charge in [-0.25, -0.2) is 0 Å². The molecular weight excluding hydrogens is 277 g/mol. The summed E-state index contributed by atoms with van der Waals surface area (Å²) >= 11 is 0. The van der Waals surface area contributed by atoms with E-state index < -0.39 is 18.6 Å². The van der Waals surface area contributed by atoms with Gasteiger partial charge in [0.1, 0.15) is 0 Å². The van der Waals surface area contributed by atoms with Crippen LogP contribution in [0.2, 0.25) is 0 Å². The first-order chi connectivity index (χ1) is 10.0. The molecule has 0 aliphatic carbocycles. The van der Waals surface area contributed by atoms with Gasteiger partial charge >= 0.3 is 6.18 Å². The lowest BCUT2D eigenvalue weighted by molar-refractivity contribution is -0.140. The molecule has 1 aromatic heterocycles. The standard InChI is InChI=1S/C16H17F3N2/c17-16(18,19)12-15(14-4-2-1-3-5-14)21-11-8-13-6-9-20-10-7-13/h1-7,9-10,15,21H,8,11-12H2. The van der Waals surface area contributed by atoms with Crippen LogP contribution in [0, 0.1) is 0 Å². The van der Waals surface area contributed by atoms with Crippen LogP contribution in [0.3, 0.4) is 0 Å². The van der Waals surface area contributed by atoms with E-state index in [1.165, 1.54) is 0 Å². The largest absolute Gasteiger partial charge is 0.390 e. The summed E-state index contributed by atoms with van der Waals surface area (Å²) in [5.41, 5.74) is 1.71. The molecule has 0 saturated carbocycles. The van der Waals surface area contributed by atoms with E-state index in [0.29, 0.717) is 18.5 Å². The van der Waals surface area contributed by atoms with Gasteiger partial charge in [-0.3, -0.25) is 4.98 Å². The van der Waals surface area contributed by atoms with Crippen LogP contribution in [0.1, 0.15) is 23.6 Å². The van der Waals surface area contributed by atoms with Gasteiger partial charge in [-0.1, -0.05) is 30.3 Å². The van der Waals surface area contributed by atoms with Crippen LogP contribution in [0.4, 0.5) is 13.2 Å². The lowest BCUT2D eigenvalue weighted by atomic mass is 10.0. The zero-order valence-electron chi connectivity index (χ0n) is 11.5. The number of rotatable bonds is 6. The van der Waals surface area contributed by atoms with Crippen LogP contribution < -0.4 is 5.32 Å². The highest BCUT2D eigenvalue weighted by Crippen LogP contribution is 2.29. The molecule has 2 aromatic rings. The van der Waals surface area contributed by atoms with E-state index in [1.54, 1.807) is 42.7 Å². The van der Waals surface area contributed by atoms with Gasteiger partial charge in [0.2, 0.25) is 0 Å². The molecule has 1 unspecified atom stereocenters. The molecule has 0 saturated heterocycles. The van der Waals surface area contributed by atoms with Crippen molar-refractivity contribution in [2.24, 2.45) is 0 Å². The zero-order valence-corrected chi connectivity index (χ0v) is 11.5. The molecule has 0 aliphatic heterocycles. The first-order valence-electron chi connectivity index (χ1n) is 6.78. The summed E-state index contributed by atoms with van der Waals surface area (Å²) < 4.78 is 38.1. The lowest BCUT2D eigenvalue weighted by Crippen LogP contribution is -2.28. The van der Waals surface area contributed by atoms with E-state index in [9.17, 15) is 13.2 Å². The number of halogens is 3. The Kier molecular flexibility index (Phi) is 5.33. The van der Waals surface area contributed by atoms with Crippen molar-refractivity contribution in [3.63, 3.8) is 0 Å². The van der Waals surface area contributed by atoms with Gasteiger partial charge in [0, 0.05) is 18.4 Å². The highest BCUT2D eigenvalue weighted by atomic mass is 19.4. The average molecular weight is 294 g/mol. The Morgan fingerprint density at radius 2 is 1.67 bits per heavy atom. The summed E-state index contributed by atoms with van der Waals surface area (Å²) in [7, 11) is 0. The lowest BCUT2D eigenvalue weighted by Gasteiger charge is -2.20. The number of hydrogen-bond acceptors (Lipinski definition) is 2. The van der Waals surface area contributed by atoms with Crippen LogP contribution in [0.15, 0.2) is 54.9 Å². The highest BCUT2D eigenvalue weighted by Gasteiger charge is 2.32. The molecule has 2 nitrogen and oxygen atoms in total. The van der Waals surface area contributed by atoms with Gasteiger partial charge in [-0.2, -0.15) is 13.2 Å². The van der Waals surface area contributed by atoms with E-state index in [4.69, 9.17) is 0 Å². The topological polar surface area (TPSA) is 24.9 Å². The summed E-state index contributed by atoms with van der Waals surface area (Å²) in [5, 5.41) is 3.00. The van der Waals surface area contributed by atoms with Gasteiger partial charge < -0.3 is 5.32 Å². The quantitative estimate of drug-likeness (QED) is 0.874. The van der Waals surface area contributed by atoms with Gasteiger partial charge in [-0.15, -0.1) is 0 Å². The van der Waals surface area contributed by atoms with Crippen molar-refractivity contribution in [1.82, 2.24) is 10.3 Å². The van der Waals surface area contributed by atoms with Crippen molar-refractivity contribution in [1.29, 1.82) is 0 Å². The molecule has 0 aliphatic rings. The Labute approximate surface area is 122 Å². The van der Waals surface area contributed by atoms with Crippen molar-refractivity contribution < 1.29 is 13.2 Å². The number of pyridine rings is 1. The zero-order chi connectivity index (χ0) is 15.1. The molecule has 1 atom stereocenters. The average Bonchev–Trinajstić information content (AvgIpc) is 2.47. The fourth-order valence-electron chi connectivity index (χ4n) is 2.16. The van der Waals surface area contributed by atoms with Crippen molar-refractivity contribution >= 4 is 0 Å². The van der Waals surface area contributed by atoms with Crippen LogP contribution in [-0.2, 0) is 6.42 Å². The number of aromatic nitrogens is 1. The summed E-state index contributed by atoms with van der Waals surface area (Å²) in [6.45, 7) is 0.486. The smallest absolute Gasteiger partial charge is 0.309 e. The van der Waals surface area contributed by atoms with E-state index in [0.717, 1.165) is 5.56 Å². The van der Waals surface area contributed by atoms with E-state index in [2.05, 4.69) is 10.3 Å². The van der Waals surface area contributed by atoms with E-state index >= 15 is 0 Å². The van der Waals surface area contributed by atoms with Gasteiger partial charge in [0.05, 0.1) is 6.42 Å². The Morgan fingerprint density at radius 1 is 1.00 bits per heavy atom. The second-order valence-electron chi connectivity index (χ2n) is 4.84. The molecule has 0 amide bonds. The Hall–Kier alpha value is -1.88. The third-order valence-corrected chi connectivity index (χ3v) is 3.19. The van der Waals surface area contributed by atoms with Gasteiger partial charge in [0.15, 0.2) is 0 Å². The maximum Gasteiger partial charge on any atom is 0.390 e. The highest BCUT2D eigenvalue weighted by molar-refractivity contribution is 5.19.